The molecule has 1 heterocycles. The van der Waals surface area contributed by atoms with Gasteiger partial charge in [0, 0.05) is 22.9 Å². The van der Waals surface area contributed by atoms with Crippen LogP contribution in [-0.4, -0.2) is 11.7 Å². The summed E-state index contributed by atoms with van der Waals surface area (Å²) in [6, 6.07) is 8.02. The summed E-state index contributed by atoms with van der Waals surface area (Å²) in [5.41, 5.74) is 1.83. The lowest BCUT2D eigenvalue weighted by molar-refractivity contribution is -0.141. The number of amides is 1. The fraction of sp³-hybridized carbons (Fsp3) is 0.556. The predicted octanol–water partition coefficient (Wildman–Crippen LogP) is 3.68. The number of unbranched alkanes of at least 4 members (excludes halogenated alkanes) is 2. The molecule has 0 saturated heterocycles. The molecule has 112 valence electrons. The Morgan fingerprint density at radius 2 is 2.10 bits per heavy atom. The summed E-state index contributed by atoms with van der Waals surface area (Å²) in [5, 5.41) is 3.02. The second kappa shape index (κ2) is 5.28. The molecule has 1 aromatic carbocycles. The van der Waals surface area contributed by atoms with Crippen LogP contribution in [0.25, 0.3) is 0 Å². The molecule has 1 aliphatic carbocycles. The van der Waals surface area contributed by atoms with E-state index in [0.29, 0.717) is 6.42 Å². The van der Waals surface area contributed by atoms with E-state index in [1.54, 1.807) is 6.92 Å². The van der Waals surface area contributed by atoms with Crippen molar-refractivity contribution in [3.8, 4) is 0 Å². The maximum Gasteiger partial charge on any atom is 0.228 e. The topological polar surface area (TPSA) is 46.2 Å². The molecular formula is C18H23NO2. The number of benzene rings is 1. The van der Waals surface area contributed by atoms with Crippen molar-refractivity contribution in [1.29, 1.82) is 0 Å². The van der Waals surface area contributed by atoms with Crippen LogP contribution < -0.4 is 5.32 Å². The smallest absolute Gasteiger partial charge is 0.228 e. The third-order valence-corrected chi connectivity index (χ3v) is 5.40. The van der Waals surface area contributed by atoms with Crippen molar-refractivity contribution in [3.63, 3.8) is 0 Å². The predicted molar refractivity (Wildman–Crippen MR) is 83.2 cm³/mol. The Bertz CT molecular complexity index is 580. The lowest BCUT2D eigenvalue weighted by Crippen LogP contribution is -2.62. The molecule has 1 N–H and O–H groups in total. The molecule has 0 bridgehead atoms. The third kappa shape index (κ3) is 2.02. The van der Waals surface area contributed by atoms with Crippen LogP contribution in [0.1, 0.15) is 51.5 Å². The Labute approximate surface area is 126 Å². The van der Waals surface area contributed by atoms with Gasteiger partial charge in [0.05, 0.1) is 0 Å². The van der Waals surface area contributed by atoms with Crippen molar-refractivity contribution in [2.24, 2.45) is 11.8 Å². The van der Waals surface area contributed by atoms with Crippen molar-refractivity contribution in [2.45, 2.75) is 51.4 Å². The van der Waals surface area contributed by atoms with Crippen LogP contribution in [0, 0.1) is 11.8 Å². The van der Waals surface area contributed by atoms with Gasteiger partial charge in [0.1, 0.15) is 5.78 Å². The van der Waals surface area contributed by atoms with Crippen molar-refractivity contribution in [1.82, 2.24) is 0 Å². The summed E-state index contributed by atoms with van der Waals surface area (Å²) in [6.45, 7) is 3.86. The largest absolute Gasteiger partial charge is 0.326 e. The zero-order valence-corrected chi connectivity index (χ0v) is 12.8. The number of anilines is 1. The summed E-state index contributed by atoms with van der Waals surface area (Å²) >= 11 is 0. The standard InChI is InChI=1S/C18H23NO2/c1-3-4-7-10-18-13-8-5-6-9-16(13)19-17(21)15(18)11-14(18)12(2)20/h5-6,8-9,14-15H,3-4,7,10-11H2,1-2H3,(H,19,21)/t14-,15-,18+/m0/s1. The van der Waals surface area contributed by atoms with Gasteiger partial charge in [0.2, 0.25) is 5.91 Å². The first kappa shape index (κ1) is 14.3. The van der Waals surface area contributed by atoms with Gasteiger partial charge in [-0.2, -0.15) is 0 Å². The highest BCUT2D eigenvalue weighted by atomic mass is 16.2. The molecule has 2 aliphatic rings. The average molecular weight is 285 g/mol. The maximum atomic E-state index is 12.4. The quantitative estimate of drug-likeness (QED) is 0.839. The SMILES string of the molecule is CCCCC[C@]12c3ccccc3NC(=O)[C@@H]1C[C@H]2C(C)=O. The highest BCUT2D eigenvalue weighted by Gasteiger charge is 2.62. The van der Waals surface area contributed by atoms with Crippen LogP contribution in [0.2, 0.25) is 0 Å². The summed E-state index contributed by atoms with van der Waals surface area (Å²) < 4.78 is 0. The summed E-state index contributed by atoms with van der Waals surface area (Å²) in [4.78, 5) is 24.5. The number of hydrogen-bond acceptors (Lipinski definition) is 2. The van der Waals surface area contributed by atoms with Gasteiger partial charge in [-0.15, -0.1) is 0 Å². The van der Waals surface area contributed by atoms with Gasteiger partial charge in [0.25, 0.3) is 0 Å². The zero-order chi connectivity index (χ0) is 15.0. The molecule has 0 unspecified atom stereocenters. The van der Waals surface area contributed by atoms with Crippen LogP contribution in [-0.2, 0) is 15.0 Å². The molecule has 0 spiro atoms. The highest BCUT2D eigenvalue weighted by molar-refractivity contribution is 6.01. The molecule has 1 fully saturated rings. The highest BCUT2D eigenvalue weighted by Crippen LogP contribution is 2.60. The van der Waals surface area contributed by atoms with E-state index in [1.807, 2.05) is 18.2 Å². The van der Waals surface area contributed by atoms with E-state index in [4.69, 9.17) is 0 Å². The molecule has 3 heteroatoms. The van der Waals surface area contributed by atoms with Gasteiger partial charge in [-0.1, -0.05) is 44.4 Å². The van der Waals surface area contributed by atoms with Gasteiger partial charge in [0.15, 0.2) is 0 Å². The first-order valence-electron chi connectivity index (χ1n) is 8.02. The van der Waals surface area contributed by atoms with Crippen LogP contribution >= 0.6 is 0 Å². The molecule has 0 radical (unpaired) electrons. The molecule has 1 saturated carbocycles. The Morgan fingerprint density at radius 1 is 1.33 bits per heavy atom. The fourth-order valence-corrected chi connectivity index (χ4v) is 4.35. The first-order valence-corrected chi connectivity index (χ1v) is 8.02. The molecule has 1 amide bonds. The Hall–Kier alpha value is -1.64. The normalized spacial score (nSPS) is 29.9. The zero-order valence-electron chi connectivity index (χ0n) is 12.8. The third-order valence-electron chi connectivity index (χ3n) is 5.40. The van der Waals surface area contributed by atoms with E-state index >= 15 is 0 Å². The minimum atomic E-state index is -0.250. The van der Waals surface area contributed by atoms with Gasteiger partial charge < -0.3 is 5.32 Å². The number of Topliss-reactive ketones (excluding diaryl/α,β-unsaturated/α-hetero) is 1. The second-order valence-electron chi connectivity index (χ2n) is 6.48. The van der Waals surface area contributed by atoms with Crippen LogP contribution in [0.15, 0.2) is 24.3 Å². The summed E-state index contributed by atoms with van der Waals surface area (Å²) in [5.74, 6) is 0.305. The molecule has 3 rings (SSSR count). The van der Waals surface area contributed by atoms with Crippen molar-refractivity contribution >= 4 is 17.4 Å². The van der Waals surface area contributed by atoms with Crippen LogP contribution in [0.5, 0.6) is 0 Å². The molecular weight excluding hydrogens is 262 g/mol. The molecule has 1 aliphatic heterocycles. The number of hydrogen-bond donors (Lipinski definition) is 1. The van der Waals surface area contributed by atoms with Crippen LogP contribution in [0.4, 0.5) is 5.69 Å². The molecule has 3 nitrogen and oxygen atoms in total. The van der Waals surface area contributed by atoms with Gasteiger partial charge in [-0.05, 0) is 31.4 Å². The molecule has 3 atom stereocenters. The lowest BCUT2D eigenvalue weighted by Gasteiger charge is -2.57. The number of para-hydroxylation sites is 1. The van der Waals surface area contributed by atoms with Gasteiger partial charge in [-0.25, -0.2) is 0 Å². The lowest BCUT2D eigenvalue weighted by atomic mass is 9.46. The number of fused-ring (bicyclic) bond motifs is 3. The molecule has 1 aromatic rings. The van der Waals surface area contributed by atoms with Crippen LogP contribution in [0.3, 0.4) is 0 Å². The number of ketones is 1. The van der Waals surface area contributed by atoms with E-state index in [9.17, 15) is 9.59 Å². The number of carbonyl (C=O) groups excluding carboxylic acids is 2. The summed E-state index contributed by atoms with van der Waals surface area (Å²) in [7, 11) is 0. The fourth-order valence-electron chi connectivity index (χ4n) is 4.35. The average Bonchev–Trinajstić information content (AvgIpc) is 2.42. The van der Waals surface area contributed by atoms with E-state index < -0.39 is 0 Å². The maximum absolute atomic E-state index is 12.4. The second-order valence-corrected chi connectivity index (χ2v) is 6.48. The minimum Gasteiger partial charge on any atom is -0.326 e. The Balaban J connectivity index is 2.05. The van der Waals surface area contributed by atoms with Gasteiger partial charge in [-0.3, -0.25) is 9.59 Å². The molecule has 21 heavy (non-hydrogen) atoms. The number of nitrogens with one attached hydrogen (secondary N) is 1. The molecule has 0 aromatic heterocycles. The number of carbonyl (C=O) groups is 2. The van der Waals surface area contributed by atoms with Crippen molar-refractivity contribution in [3.05, 3.63) is 29.8 Å². The first-order chi connectivity index (χ1) is 10.1. The summed E-state index contributed by atoms with van der Waals surface area (Å²) in [6.07, 6.45) is 5.04. The Morgan fingerprint density at radius 3 is 2.81 bits per heavy atom. The number of rotatable bonds is 5. The Kier molecular flexibility index (Phi) is 3.60. The van der Waals surface area contributed by atoms with E-state index in [-0.39, 0.29) is 28.9 Å². The monoisotopic (exact) mass is 285 g/mol. The van der Waals surface area contributed by atoms with E-state index in [2.05, 4.69) is 18.3 Å². The van der Waals surface area contributed by atoms with Crippen molar-refractivity contribution in [2.75, 3.05) is 5.32 Å². The van der Waals surface area contributed by atoms with E-state index in [1.165, 1.54) is 5.56 Å². The van der Waals surface area contributed by atoms with Gasteiger partial charge >= 0.3 is 0 Å². The minimum absolute atomic E-state index is 0.00607. The van der Waals surface area contributed by atoms with Crippen molar-refractivity contribution < 1.29 is 9.59 Å². The van der Waals surface area contributed by atoms with E-state index in [0.717, 1.165) is 31.4 Å².